The van der Waals surface area contributed by atoms with Gasteiger partial charge >= 0.3 is 0 Å². The molecule has 2 N–H and O–H groups in total. The van der Waals surface area contributed by atoms with E-state index in [9.17, 15) is 5.11 Å². The van der Waals surface area contributed by atoms with Gasteiger partial charge in [-0.1, -0.05) is 60.6 Å². The first-order chi connectivity index (χ1) is 14.3. The predicted octanol–water partition coefficient (Wildman–Crippen LogP) is 3.56. The predicted molar refractivity (Wildman–Crippen MR) is 122 cm³/mol. The van der Waals surface area contributed by atoms with Crippen LogP contribution >= 0.6 is 23.1 Å². The summed E-state index contributed by atoms with van der Waals surface area (Å²) in [5.74, 6) is 0.664. The van der Waals surface area contributed by atoms with Crippen LogP contribution in [0.3, 0.4) is 0 Å². The lowest BCUT2D eigenvalue weighted by Crippen LogP contribution is -2.48. The normalized spacial score (nSPS) is 20.0. The van der Waals surface area contributed by atoms with Gasteiger partial charge in [0.25, 0.3) is 0 Å². The van der Waals surface area contributed by atoms with Gasteiger partial charge in [0, 0.05) is 50.2 Å². The van der Waals surface area contributed by atoms with Crippen LogP contribution in [0, 0.1) is 0 Å². The number of hydrogen-bond acceptors (Lipinski definition) is 8. The van der Waals surface area contributed by atoms with Crippen molar-refractivity contribution in [2.24, 2.45) is 0 Å². The SMILES string of the molecule is OC(CSc1nnc(NC2CCCCC2)s1)CN1CCN(c2ccccc2)CC1. The van der Waals surface area contributed by atoms with Crippen molar-refractivity contribution < 1.29 is 5.11 Å². The maximum Gasteiger partial charge on any atom is 0.206 e. The monoisotopic (exact) mass is 433 g/mol. The molecule has 2 aromatic rings. The molecule has 8 heteroatoms. The average Bonchev–Trinajstić information content (AvgIpc) is 3.21. The van der Waals surface area contributed by atoms with Crippen molar-refractivity contribution in [3.05, 3.63) is 30.3 Å². The van der Waals surface area contributed by atoms with Crippen molar-refractivity contribution in [2.75, 3.05) is 48.7 Å². The molecular formula is C21H31N5OS2. The molecule has 6 nitrogen and oxygen atoms in total. The van der Waals surface area contributed by atoms with Gasteiger partial charge in [-0.2, -0.15) is 0 Å². The number of para-hydroxylation sites is 1. The maximum absolute atomic E-state index is 10.5. The van der Waals surface area contributed by atoms with Crippen LogP contribution in [0.25, 0.3) is 0 Å². The number of benzene rings is 1. The van der Waals surface area contributed by atoms with Crippen molar-refractivity contribution in [3.8, 4) is 0 Å². The lowest BCUT2D eigenvalue weighted by molar-refractivity contribution is 0.126. The average molecular weight is 434 g/mol. The molecule has 0 radical (unpaired) electrons. The minimum absolute atomic E-state index is 0.345. The minimum Gasteiger partial charge on any atom is -0.391 e. The summed E-state index contributed by atoms with van der Waals surface area (Å²) in [6.07, 6.45) is 6.10. The van der Waals surface area contributed by atoms with Gasteiger partial charge in [-0.25, -0.2) is 0 Å². The summed E-state index contributed by atoms with van der Waals surface area (Å²) in [6, 6.07) is 11.1. The molecular weight excluding hydrogens is 402 g/mol. The number of aliphatic hydroxyl groups is 1. The van der Waals surface area contributed by atoms with Crippen LogP contribution in [0.5, 0.6) is 0 Å². The summed E-state index contributed by atoms with van der Waals surface area (Å²) in [6.45, 7) is 4.73. The van der Waals surface area contributed by atoms with Crippen LogP contribution in [0.2, 0.25) is 0 Å². The Hall–Kier alpha value is -1.35. The van der Waals surface area contributed by atoms with Crippen LogP contribution in [0.15, 0.2) is 34.7 Å². The second-order valence-corrected chi connectivity index (χ2v) is 10.2. The van der Waals surface area contributed by atoms with Crippen LogP contribution in [-0.4, -0.2) is 70.8 Å². The third kappa shape index (κ3) is 6.31. The molecule has 0 bridgehead atoms. The fraction of sp³-hybridized carbons (Fsp3) is 0.619. The molecule has 1 saturated heterocycles. The van der Waals surface area contributed by atoms with E-state index < -0.39 is 0 Å². The van der Waals surface area contributed by atoms with Crippen molar-refractivity contribution in [2.45, 2.75) is 48.6 Å². The number of β-amino-alcohol motifs (C(OH)–C–C–N with tert-alkyl or cyclic N) is 1. The highest BCUT2D eigenvalue weighted by molar-refractivity contribution is 8.01. The van der Waals surface area contributed by atoms with Crippen molar-refractivity contribution in [3.63, 3.8) is 0 Å². The molecule has 2 fully saturated rings. The van der Waals surface area contributed by atoms with Gasteiger partial charge in [-0.15, -0.1) is 10.2 Å². The Labute approximate surface area is 181 Å². The van der Waals surface area contributed by atoms with E-state index in [4.69, 9.17) is 0 Å². The van der Waals surface area contributed by atoms with E-state index in [1.54, 1.807) is 23.1 Å². The largest absolute Gasteiger partial charge is 0.391 e. The summed E-state index contributed by atoms with van der Waals surface area (Å²) in [5, 5.41) is 23.5. The van der Waals surface area contributed by atoms with E-state index in [2.05, 4.69) is 55.6 Å². The van der Waals surface area contributed by atoms with Crippen LogP contribution in [0.4, 0.5) is 10.8 Å². The van der Waals surface area contributed by atoms with Gasteiger partial charge < -0.3 is 15.3 Å². The zero-order chi connectivity index (χ0) is 19.9. The van der Waals surface area contributed by atoms with Gasteiger partial charge in [0.05, 0.1) is 6.10 Å². The van der Waals surface area contributed by atoms with Gasteiger partial charge in [-0.3, -0.25) is 4.90 Å². The number of thioether (sulfide) groups is 1. The quantitative estimate of drug-likeness (QED) is 0.617. The highest BCUT2D eigenvalue weighted by Crippen LogP contribution is 2.28. The molecule has 1 aliphatic heterocycles. The molecule has 1 saturated carbocycles. The molecule has 1 aromatic carbocycles. The number of piperazine rings is 1. The van der Waals surface area contributed by atoms with Gasteiger partial charge in [-0.05, 0) is 25.0 Å². The van der Waals surface area contributed by atoms with E-state index in [0.717, 1.165) is 42.2 Å². The van der Waals surface area contributed by atoms with Crippen LogP contribution in [-0.2, 0) is 0 Å². The summed E-state index contributed by atoms with van der Waals surface area (Å²) in [5.41, 5.74) is 1.29. The molecule has 2 heterocycles. The molecule has 1 aromatic heterocycles. The Kier molecular flexibility index (Phi) is 7.65. The van der Waals surface area contributed by atoms with Gasteiger partial charge in [0.1, 0.15) is 0 Å². The van der Waals surface area contributed by atoms with E-state index in [-0.39, 0.29) is 6.10 Å². The first kappa shape index (κ1) is 20.9. The number of hydrogen-bond donors (Lipinski definition) is 2. The Bertz CT molecular complexity index is 730. The summed E-state index contributed by atoms with van der Waals surface area (Å²) < 4.78 is 0.941. The highest BCUT2D eigenvalue weighted by Gasteiger charge is 2.20. The lowest BCUT2D eigenvalue weighted by Gasteiger charge is -2.36. The molecule has 2 aliphatic rings. The zero-order valence-electron chi connectivity index (χ0n) is 16.9. The Balaban J connectivity index is 1.16. The van der Waals surface area contributed by atoms with Crippen LogP contribution < -0.4 is 10.2 Å². The van der Waals surface area contributed by atoms with E-state index in [0.29, 0.717) is 11.8 Å². The molecule has 0 amide bonds. The third-order valence-corrected chi connectivity index (χ3v) is 7.83. The molecule has 29 heavy (non-hydrogen) atoms. The molecule has 158 valence electrons. The number of aliphatic hydroxyl groups excluding tert-OH is 1. The second-order valence-electron chi connectivity index (χ2n) is 7.94. The topological polar surface area (TPSA) is 64.5 Å². The molecule has 0 spiro atoms. The first-order valence-electron chi connectivity index (χ1n) is 10.7. The molecule has 1 aliphatic carbocycles. The summed E-state index contributed by atoms with van der Waals surface area (Å²) in [4.78, 5) is 4.78. The van der Waals surface area contributed by atoms with E-state index >= 15 is 0 Å². The van der Waals surface area contributed by atoms with Crippen molar-refractivity contribution >= 4 is 33.9 Å². The minimum atomic E-state index is -0.345. The number of anilines is 2. The summed E-state index contributed by atoms with van der Waals surface area (Å²) in [7, 11) is 0. The van der Waals surface area contributed by atoms with Gasteiger partial charge in [0.15, 0.2) is 4.34 Å². The molecule has 1 unspecified atom stereocenters. The van der Waals surface area contributed by atoms with E-state index in [1.165, 1.54) is 37.8 Å². The summed E-state index contributed by atoms with van der Waals surface area (Å²) >= 11 is 3.23. The number of aromatic nitrogens is 2. The Morgan fingerprint density at radius 1 is 1.07 bits per heavy atom. The Morgan fingerprint density at radius 2 is 1.83 bits per heavy atom. The number of nitrogens with zero attached hydrogens (tertiary/aromatic N) is 4. The first-order valence-corrected chi connectivity index (χ1v) is 12.5. The lowest BCUT2D eigenvalue weighted by atomic mass is 9.96. The fourth-order valence-corrected chi connectivity index (χ4v) is 5.86. The van der Waals surface area contributed by atoms with Crippen molar-refractivity contribution in [1.29, 1.82) is 0 Å². The van der Waals surface area contributed by atoms with Gasteiger partial charge in [0.2, 0.25) is 5.13 Å². The smallest absolute Gasteiger partial charge is 0.206 e. The third-order valence-electron chi connectivity index (χ3n) is 5.70. The number of rotatable bonds is 8. The standard InChI is InChI=1S/C21H31N5OS2/c27-19(15-25-11-13-26(14-12-25)18-9-5-2-6-10-18)16-28-21-24-23-20(29-21)22-17-7-3-1-4-8-17/h2,5-6,9-10,17,19,27H,1,3-4,7-8,11-16H2,(H,22,23). The zero-order valence-corrected chi connectivity index (χ0v) is 18.5. The number of nitrogens with one attached hydrogen (secondary N) is 1. The highest BCUT2D eigenvalue weighted by atomic mass is 32.2. The Morgan fingerprint density at radius 3 is 2.59 bits per heavy atom. The maximum atomic E-state index is 10.5. The second kappa shape index (κ2) is 10.6. The molecule has 1 atom stereocenters. The molecule has 4 rings (SSSR count). The van der Waals surface area contributed by atoms with Crippen LogP contribution in [0.1, 0.15) is 32.1 Å². The van der Waals surface area contributed by atoms with E-state index in [1.807, 2.05) is 0 Å². The fourth-order valence-electron chi connectivity index (χ4n) is 4.09. The van der Waals surface area contributed by atoms with Crippen molar-refractivity contribution in [1.82, 2.24) is 15.1 Å².